The lowest BCUT2D eigenvalue weighted by molar-refractivity contribution is -0.432. The molecule has 0 aromatic heterocycles. The molecular weight excluding hydrogens is 721 g/mol. The zero-order valence-corrected chi connectivity index (χ0v) is 28.2. The first-order chi connectivity index (χ1) is 25.3. The van der Waals surface area contributed by atoms with Gasteiger partial charge in [-0.3, -0.25) is 9.59 Å². The number of nitrogens with zero attached hydrogens (tertiary/aromatic N) is 4. The van der Waals surface area contributed by atoms with E-state index < -0.39 is 5.97 Å². The quantitative estimate of drug-likeness (QED) is 0.0122. The number of azo groups is 2. The molecule has 5 aromatic carbocycles. The van der Waals surface area contributed by atoms with Crippen LogP contribution in [0.25, 0.3) is 10.8 Å². The van der Waals surface area contributed by atoms with Crippen LogP contribution in [0.5, 0.6) is 5.75 Å². The first kappa shape index (κ1) is 37.8. The van der Waals surface area contributed by atoms with E-state index in [1.54, 1.807) is 97.1 Å². The van der Waals surface area contributed by atoms with Crippen molar-refractivity contribution in [2.24, 2.45) is 20.5 Å². The van der Waals surface area contributed by atoms with Crippen molar-refractivity contribution in [3.8, 4) is 5.75 Å². The molecule has 5 rings (SSSR count). The van der Waals surface area contributed by atoms with Gasteiger partial charge in [0.05, 0.1) is 59.1 Å². The lowest BCUT2D eigenvalue weighted by Gasteiger charge is -2.11. The van der Waals surface area contributed by atoms with Gasteiger partial charge in [-0.25, -0.2) is 10.5 Å². The second kappa shape index (κ2) is 19.2. The second-order valence-corrected chi connectivity index (χ2v) is 11.8. The molecule has 268 valence electrons. The summed E-state index contributed by atoms with van der Waals surface area (Å²) in [4.78, 5) is 24.4. The van der Waals surface area contributed by atoms with Gasteiger partial charge in [-0.05, 0) is 102 Å². The number of ether oxygens (including phenoxy) is 1. The zero-order valence-electron chi connectivity index (χ0n) is 26.6. The fourth-order valence-electron chi connectivity index (χ4n) is 4.38. The van der Waals surface area contributed by atoms with Crippen LogP contribution < -0.4 is 10.6 Å². The maximum absolute atomic E-state index is 13.0. The molecule has 6 N–H and O–H groups in total. The van der Waals surface area contributed by atoms with Crippen molar-refractivity contribution in [2.75, 3.05) is 24.0 Å². The molecule has 0 aliphatic carbocycles. The lowest BCUT2D eigenvalue weighted by Crippen LogP contribution is -2.12. The molecule has 0 saturated carbocycles. The van der Waals surface area contributed by atoms with Crippen molar-refractivity contribution < 1.29 is 53.8 Å². The predicted octanol–water partition coefficient (Wildman–Crippen LogP) is 9.35. The zero-order chi connectivity index (χ0) is 36.7. The van der Waals surface area contributed by atoms with Gasteiger partial charge in [0, 0.05) is 27.2 Å². The van der Waals surface area contributed by atoms with Crippen LogP contribution in [0.2, 0.25) is 0 Å². The molecule has 0 unspecified atom stereocenters. The van der Waals surface area contributed by atoms with E-state index in [-0.39, 0.29) is 42.0 Å². The fraction of sp³-hybridized carbons (Fsp3) is 0.0909. The van der Waals surface area contributed by atoms with Crippen LogP contribution in [0.4, 0.5) is 34.1 Å². The topological polar surface area (TPSA) is 235 Å². The molecule has 52 heavy (non-hydrogen) atoms. The number of amides is 1. The van der Waals surface area contributed by atoms with Gasteiger partial charge in [0.2, 0.25) is 0 Å². The number of rotatable bonds is 18. The molecule has 1 amide bonds. The highest BCUT2D eigenvalue weighted by Crippen LogP contribution is 2.44. The molecular formula is C33H28N6O11S2. The highest BCUT2D eigenvalue weighted by molar-refractivity contribution is 7.94. The maximum atomic E-state index is 13.0. The number of carboxylic acids is 1. The van der Waals surface area contributed by atoms with Gasteiger partial charge >= 0.3 is 5.97 Å². The Hall–Kier alpha value is -5.48. The fourth-order valence-corrected chi connectivity index (χ4v) is 5.23. The summed E-state index contributed by atoms with van der Waals surface area (Å²) >= 11 is 1.41. The molecule has 0 spiro atoms. The number of carbonyl (C=O) groups is 2. The van der Waals surface area contributed by atoms with E-state index in [4.69, 9.17) is 20.4 Å². The lowest BCUT2D eigenvalue weighted by atomic mass is 10.1. The third-order valence-corrected chi connectivity index (χ3v) is 8.06. The van der Waals surface area contributed by atoms with E-state index in [1.807, 2.05) is 0 Å². The number of carboxylic acid groups (broad SMARTS) is 1. The molecule has 0 saturated heterocycles. The summed E-state index contributed by atoms with van der Waals surface area (Å²) in [5, 5.41) is 67.7. The predicted molar refractivity (Wildman–Crippen MR) is 189 cm³/mol. The summed E-state index contributed by atoms with van der Waals surface area (Å²) in [5.41, 5.74) is 3.09. The Morgan fingerprint density at radius 1 is 0.712 bits per heavy atom. The molecule has 0 radical (unpaired) electrons. The number of phenols is 1. The minimum Gasteiger partial charge on any atom is -0.505 e. The average Bonchev–Trinajstić information content (AvgIpc) is 3.16. The normalized spacial score (nSPS) is 11.4. The van der Waals surface area contributed by atoms with Gasteiger partial charge in [0.15, 0.2) is 5.75 Å². The van der Waals surface area contributed by atoms with Gasteiger partial charge in [-0.2, -0.15) is 15.3 Å². The van der Waals surface area contributed by atoms with Crippen molar-refractivity contribution in [3.05, 3.63) is 103 Å². The number of anilines is 2. The van der Waals surface area contributed by atoms with Crippen molar-refractivity contribution in [3.63, 3.8) is 0 Å². The van der Waals surface area contributed by atoms with E-state index in [0.717, 1.165) is 12.0 Å². The minimum absolute atomic E-state index is 0.0358. The Morgan fingerprint density at radius 3 is 1.94 bits per heavy atom. The highest BCUT2D eigenvalue weighted by Gasteiger charge is 2.16. The number of nitrogens with one attached hydrogen (secondary N) is 2. The SMILES string of the molecule is O=C(O)CCOCNc1ccc(C(=O)Nc2ccc3c(O)c(N=Nc4ccc(N=Nc5ccc(SOOO)cc5)cc4)c(SOOO)cc3c2)cc1. The Labute approximate surface area is 303 Å². The summed E-state index contributed by atoms with van der Waals surface area (Å²) in [6.45, 7) is 0.187. The molecule has 0 aliphatic heterocycles. The van der Waals surface area contributed by atoms with Crippen molar-refractivity contribution >= 4 is 80.9 Å². The monoisotopic (exact) mass is 748 g/mol. The number of hydrogen-bond acceptors (Lipinski definition) is 17. The van der Waals surface area contributed by atoms with Crippen LogP contribution >= 0.6 is 24.1 Å². The number of benzene rings is 5. The van der Waals surface area contributed by atoms with Crippen molar-refractivity contribution in [1.82, 2.24) is 0 Å². The summed E-state index contributed by atoms with van der Waals surface area (Å²) in [7, 11) is 0. The van der Waals surface area contributed by atoms with E-state index in [9.17, 15) is 14.7 Å². The van der Waals surface area contributed by atoms with Gasteiger partial charge in [0.25, 0.3) is 5.91 Å². The molecule has 0 atom stereocenters. The first-order valence-corrected chi connectivity index (χ1v) is 16.4. The number of aromatic hydroxyl groups is 1. The van der Waals surface area contributed by atoms with Crippen LogP contribution in [0.3, 0.4) is 0 Å². The molecule has 0 fully saturated rings. The average molecular weight is 749 g/mol. The molecule has 17 nitrogen and oxygen atoms in total. The van der Waals surface area contributed by atoms with Crippen LogP contribution in [0.1, 0.15) is 16.8 Å². The van der Waals surface area contributed by atoms with Gasteiger partial charge in [-0.1, -0.05) is 10.1 Å². The van der Waals surface area contributed by atoms with Gasteiger partial charge < -0.3 is 25.6 Å². The number of phenolic OH excluding ortho intramolecular Hbond substituents is 1. The maximum Gasteiger partial charge on any atom is 0.305 e. The van der Waals surface area contributed by atoms with E-state index in [0.29, 0.717) is 61.7 Å². The first-order valence-electron chi connectivity index (χ1n) is 14.9. The highest BCUT2D eigenvalue weighted by atomic mass is 32.2. The molecule has 5 aromatic rings. The summed E-state index contributed by atoms with van der Waals surface area (Å²) in [6, 6.07) is 26.6. The molecule has 0 heterocycles. The number of fused-ring (bicyclic) bond motifs is 1. The number of carbonyl (C=O) groups excluding carboxylic acids is 1. The van der Waals surface area contributed by atoms with Gasteiger partial charge in [-0.15, -0.1) is 13.8 Å². The van der Waals surface area contributed by atoms with Crippen LogP contribution in [-0.4, -0.2) is 45.9 Å². The number of aliphatic carboxylic acids is 1. The Bertz CT molecular complexity index is 2030. The van der Waals surface area contributed by atoms with E-state index in [1.165, 1.54) is 0 Å². The second-order valence-electron chi connectivity index (χ2n) is 10.3. The van der Waals surface area contributed by atoms with Crippen molar-refractivity contribution in [2.45, 2.75) is 16.2 Å². The Morgan fingerprint density at radius 2 is 1.31 bits per heavy atom. The Balaban J connectivity index is 1.25. The standard InChI is InChI=1S/C33H28N6O11S2/c40-30(41)15-16-46-19-34-22-3-1-20(2-4-22)33(43)35-26-11-14-28-21(17-26)18-29(52-50-48-45)31(32(28)42)39-38-24-7-5-23(6-8-24)36-37-25-9-12-27(13-10-25)51-49-47-44/h1-14,17-18,34,42,44-45H,15-16,19H2,(H,35,43)(H,40,41). The van der Waals surface area contributed by atoms with E-state index in [2.05, 4.69) is 49.8 Å². The van der Waals surface area contributed by atoms with Gasteiger partial charge in [0.1, 0.15) is 12.4 Å². The largest absolute Gasteiger partial charge is 0.505 e. The third kappa shape index (κ3) is 11.0. The van der Waals surface area contributed by atoms with E-state index >= 15 is 0 Å². The molecule has 0 bridgehead atoms. The van der Waals surface area contributed by atoms with Crippen LogP contribution in [0.15, 0.2) is 127 Å². The van der Waals surface area contributed by atoms with Crippen molar-refractivity contribution in [1.29, 1.82) is 0 Å². The Kier molecular flexibility index (Phi) is 14.0. The summed E-state index contributed by atoms with van der Waals surface area (Å²) < 4.78 is 14.2. The van der Waals surface area contributed by atoms with Crippen LogP contribution in [0, 0.1) is 0 Å². The molecule has 19 heteroatoms. The van der Waals surface area contributed by atoms with Crippen LogP contribution in [-0.2, 0) is 28.3 Å². The molecule has 0 aliphatic rings. The minimum atomic E-state index is -0.945. The summed E-state index contributed by atoms with van der Waals surface area (Å²) in [6.07, 6.45) is -0.0986. The summed E-state index contributed by atoms with van der Waals surface area (Å²) in [5.74, 6) is -1.56. The smallest absolute Gasteiger partial charge is 0.305 e. The number of hydrogen-bond donors (Lipinski definition) is 6. The third-order valence-electron chi connectivity index (χ3n) is 6.84.